The fraction of sp³-hybridized carbons (Fsp3) is 0.250. The molecular formula is C20H19NO3S3. The molecule has 0 atom stereocenters. The zero-order chi connectivity index (χ0) is 19.4. The Hall–Kier alpha value is -1.96. The van der Waals surface area contributed by atoms with Gasteiger partial charge in [0.25, 0.3) is 0 Å². The summed E-state index contributed by atoms with van der Waals surface area (Å²) in [5.74, 6) is 0.0276. The quantitative estimate of drug-likeness (QED) is 0.290. The third kappa shape index (κ3) is 5.06. The number of ketones is 1. The van der Waals surface area contributed by atoms with Crippen LogP contribution in [0.25, 0.3) is 0 Å². The third-order valence-electron chi connectivity index (χ3n) is 3.82. The molecule has 4 nitrogen and oxygen atoms in total. The lowest BCUT2D eigenvalue weighted by molar-refractivity contribution is 0.0471. The number of nitrogens with zero attached hydrogens (tertiary/aromatic N) is 1. The normalized spacial score (nSPS) is 10.8. The molecule has 0 spiro atoms. The predicted molar refractivity (Wildman–Crippen MR) is 111 cm³/mol. The molecule has 7 heteroatoms. The lowest BCUT2D eigenvalue weighted by atomic mass is 10.2. The van der Waals surface area contributed by atoms with Crippen molar-refractivity contribution in [2.45, 2.75) is 31.4 Å². The molecule has 2 aromatic heterocycles. The Morgan fingerprint density at radius 2 is 1.93 bits per heavy atom. The number of thiazole rings is 1. The van der Waals surface area contributed by atoms with E-state index in [0.717, 1.165) is 25.4 Å². The van der Waals surface area contributed by atoms with E-state index in [1.165, 1.54) is 11.8 Å². The fourth-order valence-electron chi connectivity index (χ4n) is 2.58. The van der Waals surface area contributed by atoms with Gasteiger partial charge in [-0.2, -0.15) is 0 Å². The van der Waals surface area contributed by atoms with Crippen LogP contribution in [0.4, 0.5) is 0 Å². The molecule has 0 aliphatic carbocycles. The molecule has 0 unspecified atom stereocenters. The second kappa shape index (κ2) is 8.82. The highest BCUT2D eigenvalue weighted by atomic mass is 32.2. The van der Waals surface area contributed by atoms with Crippen LogP contribution in [0.3, 0.4) is 0 Å². The minimum absolute atomic E-state index is 0.173. The van der Waals surface area contributed by atoms with Crippen molar-refractivity contribution in [2.75, 3.05) is 6.61 Å². The van der Waals surface area contributed by atoms with Crippen molar-refractivity contribution in [1.29, 1.82) is 0 Å². The average Bonchev–Trinajstić information content (AvgIpc) is 3.22. The summed E-state index contributed by atoms with van der Waals surface area (Å²) in [6, 6.07) is 9.13. The van der Waals surface area contributed by atoms with Crippen molar-refractivity contribution in [3.63, 3.8) is 0 Å². The van der Waals surface area contributed by atoms with Crippen molar-refractivity contribution in [1.82, 2.24) is 4.98 Å². The molecule has 3 aromatic rings. The van der Waals surface area contributed by atoms with Gasteiger partial charge in [-0.3, -0.25) is 4.79 Å². The molecular weight excluding hydrogens is 398 g/mol. The SMILES string of the molecule is Cc1cc(C(=O)COC(=O)c2ccccc2SCc2csc(C)n2)c(C)s1. The van der Waals surface area contributed by atoms with Gasteiger partial charge in [-0.05, 0) is 39.0 Å². The summed E-state index contributed by atoms with van der Waals surface area (Å²) in [6.45, 7) is 5.58. The number of thioether (sulfide) groups is 1. The first-order valence-corrected chi connectivity index (χ1v) is 11.0. The van der Waals surface area contributed by atoms with Gasteiger partial charge in [0.2, 0.25) is 5.78 Å². The highest BCUT2D eigenvalue weighted by Crippen LogP contribution is 2.27. The number of aromatic nitrogens is 1. The molecule has 0 saturated carbocycles. The number of rotatable bonds is 7. The van der Waals surface area contributed by atoms with E-state index >= 15 is 0 Å². The van der Waals surface area contributed by atoms with Crippen LogP contribution in [0, 0.1) is 20.8 Å². The van der Waals surface area contributed by atoms with E-state index in [0.29, 0.717) is 16.9 Å². The minimum atomic E-state index is -0.481. The van der Waals surface area contributed by atoms with E-state index < -0.39 is 5.97 Å². The van der Waals surface area contributed by atoms with Crippen LogP contribution < -0.4 is 0 Å². The molecule has 0 saturated heterocycles. The summed E-state index contributed by atoms with van der Waals surface area (Å²) in [5.41, 5.74) is 2.09. The van der Waals surface area contributed by atoms with Crippen molar-refractivity contribution >= 4 is 46.2 Å². The molecule has 1 aromatic carbocycles. The van der Waals surface area contributed by atoms with E-state index in [-0.39, 0.29) is 12.4 Å². The zero-order valence-electron chi connectivity index (χ0n) is 15.3. The van der Waals surface area contributed by atoms with Crippen molar-refractivity contribution in [3.8, 4) is 0 Å². The molecule has 0 aliphatic rings. The van der Waals surface area contributed by atoms with Crippen LogP contribution in [0.15, 0.2) is 40.6 Å². The van der Waals surface area contributed by atoms with Gasteiger partial charge in [0.1, 0.15) is 0 Å². The van der Waals surface area contributed by atoms with E-state index in [2.05, 4.69) is 4.98 Å². The summed E-state index contributed by atoms with van der Waals surface area (Å²) in [6.07, 6.45) is 0. The first-order chi connectivity index (χ1) is 12.9. The predicted octanol–water partition coefficient (Wildman–Crippen LogP) is 5.46. The zero-order valence-corrected chi connectivity index (χ0v) is 17.7. The van der Waals surface area contributed by atoms with Gasteiger partial charge in [-0.1, -0.05) is 12.1 Å². The van der Waals surface area contributed by atoms with E-state index in [4.69, 9.17) is 4.74 Å². The summed E-state index contributed by atoms with van der Waals surface area (Å²) in [7, 11) is 0. The van der Waals surface area contributed by atoms with Gasteiger partial charge in [0, 0.05) is 31.3 Å². The molecule has 0 bridgehead atoms. The molecule has 0 aliphatic heterocycles. The monoisotopic (exact) mass is 417 g/mol. The van der Waals surface area contributed by atoms with Crippen LogP contribution in [0.1, 0.15) is 41.2 Å². The average molecular weight is 418 g/mol. The number of hydrogen-bond acceptors (Lipinski definition) is 7. The number of ether oxygens (including phenoxy) is 1. The molecule has 140 valence electrons. The number of carbonyl (C=O) groups is 2. The number of thiophene rings is 1. The van der Waals surface area contributed by atoms with Gasteiger partial charge in [-0.25, -0.2) is 9.78 Å². The highest BCUT2D eigenvalue weighted by Gasteiger charge is 2.17. The van der Waals surface area contributed by atoms with Crippen LogP contribution in [-0.4, -0.2) is 23.3 Å². The fourth-order valence-corrected chi connectivity index (χ4v) is 5.18. The largest absolute Gasteiger partial charge is 0.454 e. The maximum absolute atomic E-state index is 12.5. The Balaban J connectivity index is 1.64. The van der Waals surface area contributed by atoms with Crippen LogP contribution in [0.5, 0.6) is 0 Å². The van der Waals surface area contributed by atoms with Crippen LogP contribution >= 0.6 is 34.4 Å². The smallest absolute Gasteiger partial charge is 0.339 e. The number of esters is 1. The Morgan fingerprint density at radius 1 is 1.15 bits per heavy atom. The van der Waals surface area contributed by atoms with Crippen LogP contribution in [-0.2, 0) is 10.5 Å². The molecule has 0 fully saturated rings. The van der Waals surface area contributed by atoms with E-state index in [1.807, 2.05) is 44.4 Å². The number of hydrogen-bond donors (Lipinski definition) is 0. The van der Waals surface area contributed by atoms with E-state index in [1.54, 1.807) is 34.8 Å². The Bertz CT molecular complexity index is 975. The third-order valence-corrected chi connectivity index (χ3v) is 6.72. The maximum atomic E-state index is 12.5. The summed E-state index contributed by atoms with van der Waals surface area (Å²) < 4.78 is 5.29. The van der Waals surface area contributed by atoms with E-state index in [9.17, 15) is 9.59 Å². The lowest BCUT2D eigenvalue weighted by Crippen LogP contribution is -2.15. The number of Topliss-reactive ketones (excluding diaryl/α,β-unsaturated/α-hetero) is 1. The first-order valence-electron chi connectivity index (χ1n) is 8.34. The second-order valence-corrected chi connectivity index (χ2v) is 9.51. The molecule has 2 heterocycles. The second-order valence-electron chi connectivity index (χ2n) is 5.97. The summed E-state index contributed by atoms with van der Waals surface area (Å²) in [4.78, 5) is 32.1. The minimum Gasteiger partial charge on any atom is -0.454 e. The number of carbonyl (C=O) groups excluding carboxylic acids is 2. The van der Waals surface area contributed by atoms with Gasteiger partial charge < -0.3 is 4.74 Å². The summed E-state index contributed by atoms with van der Waals surface area (Å²) in [5, 5.41) is 3.04. The Kier molecular flexibility index (Phi) is 6.46. The molecule has 27 heavy (non-hydrogen) atoms. The van der Waals surface area contributed by atoms with Crippen molar-refractivity contribution in [3.05, 3.63) is 67.3 Å². The molecule has 0 N–H and O–H groups in total. The first kappa shape index (κ1) is 19.8. The highest BCUT2D eigenvalue weighted by molar-refractivity contribution is 7.98. The standard InChI is InChI=1S/C20H19NO3S3/c1-12-8-17(13(2)27-12)18(22)9-24-20(23)16-6-4-5-7-19(16)26-11-15-10-25-14(3)21-15/h4-8,10H,9,11H2,1-3H3. The number of aryl methyl sites for hydroxylation is 3. The van der Waals surface area contributed by atoms with Gasteiger partial charge in [0.15, 0.2) is 6.61 Å². The van der Waals surface area contributed by atoms with Crippen molar-refractivity contribution in [2.24, 2.45) is 0 Å². The molecule has 0 radical (unpaired) electrons. The van der Waals surface area contributed by atoms with Gasteiger partial charge >= 0.3 is 5.97 Å². The summed E-state index contributed by atoms with van der Waals surface area (Å²) >= 11 is 4.71. The Morgan fingerprint density at radius 3 is 2.59 bits per heavy atom. The van der Waals surface area contributed by atoms with Gasteiger partial charge in [-0.15, -0.1) is 34.4 Å². The lowest BCUT2D eigenvalue weighted by Gasteiger charge is -2.08. The number of benzene rings is 1. The maximum Gasteiger partial charge on any atom is 0.339 e. The van der Waals surface area contributed by atoms with Crippen LogP contribution in [0.2, 0.25) is 0 Å². The molecule has 3 rings (SSSR count). The Labute approximate surface area is 170 Å². The molecule has 0 amide bonds. The topological polar surface area (TPSA) is 56.3 Å². The van der Waals surface area contributed by atoms with Crippen molar-refractivity contribution < 1.29 is 14.3 Å². The van der Waals surface area contributed by atoms with Gasteiger partial charge in [0.05, 0.1) is 16.3 Å².